The molecule has 100 valence electrons. The minimum absolute atomic E-state index is 0.345. The second-order valence-corrected chi connectivity index (χ2v) is 5.60. The molecule has 0 unspecified atom stereocenters. The van der Waals surface area contributed by atoms with Crippen LogP contribution in [0.2, 0.25) is 0 Å². The van der Waals surface area contributed by atoms with Gasteiger partial charge in [0.15, 0.2) is 0 Å². The Balaban J connectivity index is 2.36. The highest BCUT2D eigenvalue weighted by molar-refractivity contribution is 9.11. The topological polar surface area (TPSA) is 31.4 Å². The number of benzene rings is 1. The van der Waals surface area contributed by atoms with Crippen molar-refractivity contribution in [3.05, 3.63) is 45.0 Å². The van der Waals surface area contributed by atoms with Crippen LogP contribution in [0.15, 0.2) is 39.4 Å². The zero-order chi connectivity index (χ0) is 13.8. The first-order valence-electron chi connectivity index (χ1n) is 5.36. The Morgan fingerprint density at radius 1 is 1.21 bits per heavy atom. The number of nitrogens with zero attached hydrogens (tertiary/aromatic N) is 1. The summed E-state index contributed by atoms with van der Waals surface area (Å²) in [4.78, 5) is 4.18. The maximum atomic E-state index is 5.86. The Hall–Kier alpha value is -0.780. The molecule has 0 spiro atoms. The zero-order valence-electron chi connectivity index (χ0n) is 9.99. The van der Waals surface area contributed by atoms with Gasteiger partial charge in [0.1, 0.15) is 11.5 Å². The van der Waals surface area contributed by atoms with E-state index in [-0.39, 0.29) is 0 Å². The molecule has 0 atom stereocenters. The molecule has 0 fully saturated rings. The molecule has 3 nitrogen and oxygen atoms in total. The minimum Gasteiger partial charge on any atom is -0.496 e. The van der Waals surface area contributed by atoms with Crippen molar-refractivity contribution in [1.29, 1.82) is 0 Å². The molecule has 1 heterocycles. The van der Waals surface area contributed by atoms with Crippen molar-refractivity contribution in [1.82, 2.24) is 4.98 Å². The number of aromatic nitrogens is 1. The van der Waals surface area contributed by atoms with Gasteiger partial charge in [0, 0.05) is 11.8 Å². The van der Waals surface area contributed by atoms with Crippen molar-refractivity contribution in [3.63, 3.8) is 0 Å². The van der Waals surface area contributed by atoms with Crippen LogP contribution < -0.4 is 9.47 Å². The third-order valence-corrected chi connectivity index (χ3v) is 3.93. The highest BCUT2D eigenvalue weighted by atomic mass is 79.9. The smallest absolute Gasteiger partial charge is 0.223 e. The van der Waals surface area contributed by atoms with Crippen molar-refractivity contribution >= 4 is 43.5 Å². The summed E-state index contributed by atoms with van der Waals surface area (Å²) in [5, 5.41) is 0. The summed E-state index contributed by atoms with van der Waals surface area (Å²) in [5.41, 5.74) is 0.836. The summed E-state index contributed by atoms with van der Waals surface area (Å²) in [6.07, 6.45) is 1.66. The van der Waals surface area contributed by atoms with Gasteiger partial charge >= 0.3 is 0 Å². The molecule has 0 radical (unpaired) electrons. The largest absolute Gasteiger partial charge is 0.496 e. The van der Waals surface area contributed by atoms with E-state index in [2.05, 4.69) is 36.8 Å². The van der Waals surface area contributed by atoms with Gasteiger partial charge in [0.2, 0.25) is 5.88 Å². The Morgan fingerprint density at radius 3 is 2.58 bits per heavy atom. The van der Waals surface area contributed by atoms with Crippen LogP contribution in [-0.4, -0.2) is 12.1 Å². The first-order valence-corrected chi connectivity index (χ1v) is 7.48. The molecular formula is C13H10Br2ClNO2. The third kappa shape index (κ3) is 3.41. The van der Waals surface area contributed by atoms with Crippen molar-refractivity contribution in [3.8, 4) is 17.4 Å². The van der Waals surface area contributed by atoms with Gasteiger partial charge in [0.05, 0.1) is 21.9 Å². The lowest BCUT2D eigenvalue weighted by molar-refractivity contribution is 0.408. The van der Waals surface area contributed by atoms with Gasteiger partial charge in [-0.05, 0) is 50.1 Å². The molecule has 6 heteroatoms. The van der Waals surface area contributed by atoms with Gasteiger partial charge in [-0.25, -0.2) is 4.98 Å². The molecule has 0 bridgehead atoms. The van der Waals surface area contributed by atoms with Crippen LogP contribution in [0.25, 0.3) is 0 Å². The summed E-state index contributed by atoms with van der Waals surface area (Å²) in [7, 11) is 1.61. The number of hydrogen-bond acceptors (Lipinski definition) is 3. The van der Waals surface area contributed by atoms with E-state index in [1.807, 2.05) is 24.3 Å². The number of ether oxygens (including phenoxy) is 2. The van der Waals surface area contributed by atoms with E-state index in [1.165, 1.54) is 0 Å². The molecule has 19 heavy (non-hydrogen) atoms. The van der Waals surface area contributed by atoms with Gasteiger partial charge in [0.25, 0.3) is 0 Å². The van der Waals surface area contributed by atoms with Gasteiger partial charge in [-0.1, -0.05) is 6.07 Å². The predicted octanol–water partition coefficient (Wildman–Crippen LogP) is 5.15. The molecule has 2 rings (SSSR count). The van der Waals surface area contributed by atoms with Gasteiger partial charge in [-0.15, -0.1) is 11.6 Å². The fourth-order valence-electron chi connectivity index (χ4n) is 1.47. The van der Waals surface area contributed by atoms with Gasteiger partial charge in [-0.2, -0.15) is 0 Å². The predicted molar refractivity (Wildman–Crippen MR) is 82.3 cm³/mol. The van der Waals surface area contributed by atoms with Crippen molar-refractivity contribution < 1.29 is 9.47 Å². The molecule has 0 aliphatic carbocycles. The molecule has 0 aliphatic heterocycles. The third-order valence-electron chi connectivity index (χ3n) is 2.41. The Kier molecular flexibility index (Phi) is 5.07. The van der Waals surface area contributed by atoms with Crippen LogP contribution >= 0.6 is 43.5 Å². The number of halogens is 3. The molecule has 0 aliphatic rings. The van der Waals surface area contributed by atoms with E-state index < -0.39 is 0 Å². The standard InChI is InChI=1S/C13H10Br2ClNO2/c1-18-11-5-10(15)12(6-9(11)14)19-13-8(7-16)3-2-4-17-13/h2-6H,7H2,1H3. The highest BCUT2D eigenvalue weighted by Crippen LogP contribution is 2.38. The van der Waals surface area contributed by atoms with E-state index in [4.69, 9.17) is 21.1 Å². The summed E-state index contributed by atoms with van der Waals surface area (Å²) >= 11 is 12.7. The SMILES string of the molecule is COc1cc(Br)c(Oc2ncccc2CCl)cc1Br. The number of hydrogen-bond donors (Lipinski definition) is 0. The molecule has 1 aromatic carbocycles. The highest BCUT2D eigenvalue weighted by Gasteiger charge is 2.11. The summed E-state index contributed by atoms with van der Waals surface area (Å²) in [5.74, 6) is 2.20. The average molecular weight is 407 g/mol. The molecular weight excluding hydrogens is 397 g/mol. The first kappa shape index (κ1) is 14.6. The lowest BCUT2D eigenvalue weighted by Gasteiger charge is -2.11. The quantitative estimate of drug-likeness (QED) is 0.657. The van der Waals surface area contributed by atoms with Crippen LogP contribution in [0.3, 0.4) is 0 Å². The Morgan fingerprint density at radius 2 is 1.89 bits per heavy atom. The lowest BCUT2D eigenvalue weighted by Crippen LogP contribution is -1.94. The van der Waals surface area contributed by atoms with Gasteiger partial charge in [-0.3, -0.25) is 0 Å². The van der Waals surface area contributed by atoms with Crippen LogP contribution in [0, 0.1) is 0 Å². The zero-order valence-corrected chi connectivity index (χ0v) is 13.9. The number of rotatable bonds is 4. The summed E-state index contributed by atoms with van der Waals surface area (Å²) < 4.78 is 12.6. The second kappa shape index (κ2) is 6.59. The molecule has 0 amide bonds. The van der Waals surface area contributed by atoms with Crippen LogP contribution in [0.1, 0.15) is 5.56 Å². The second-order valence-electron chi connectivity index (χ2n) is 3.62. The molecule has 1 aromatic heterocycles. The Labute approximate surface area is 133 Å². The average Bonchev–Trinajstić information content (AvgIpc) is 2.43. The van der Waals surface area contributed by atoms with E-state index in [0.717, 1.165) is 20.3 Å². The monoisotopic (exact) mass is 405 g/mol. The number of alkyl halides is 1. The maximum absolute atomic E-state index is 5.86. The lowest BCUT2D eigenvalue weighted by atomic mass is 10.3. The maximum Gasteiger partial charge on any atom is 0.223 e. The Bertz CT molecular complexity index is 593. The first-order chi connectivity index (χ1) is 9.15. The van der Waals surface area contributed by atoms with Crippen molar-refractivity contribution in [2.24, 2.45) is 0 Å². The van der Waals surface area contributed by atoms with Gasteiger partial charge < -0.3 is 9.47 Å². The fraction of sp³-hybridized carbons (Fsp3) is 0.154. The normalized spacial score (nSPS) is 10.3. The molecule has 2 aromatic rings. The van der Waals surface area contributed by atoms with Crippen LogP contribution in [0.4, 0.5) is 0 Å². The van der Waals surface area contributed by atoms with Crippen molar-refractivity contribution in [2.45, 2.75) is 5.88 Å². The van der Waals surface area contributed by atoms with Crippen molar-refractivity contribution in [2.75, 3.05) is 7.11 Å². The number of pyridine rings is 1. The van der Waals surface area contributed by atoms with E-state index in [0.29, 0.717) is 17.5 Å². The molecule has 0 saturated carbocycles. The van der Waals surface area contributed by atoms with E-state index in [1.54, 1.807) is 13.3 Å². The summed E-state index contributed by atoms with van der Waals surface area (Å²) in [6.45, 7) is 0. The van der Waals surface area contributed by atoms with Crippen LogP contribution in [-0.2, 0) is 5.88 Å². The van der Waals surface area contributed by atoms with E-state index >= 15 is 0 Å². The number of methoxy groups -OCH3 is 1. The minimum atomic E-state index is 0.345. The fourth-order valence-corrected chi connectivity index (χ4v) is 2.56. The van der Waals surface area contributed by atoms with E-state index in [9.17, 15) is 0 Å². The molecule has 0 saturated heterocycles. The molecule has 0 N–H and O–H groups in total. The van der Waals surface area contributed by atoms with Crippen LogP contribution in [0.5, 0.6) is 17.4 Å². The summed E-state index contributed by atoms with van der Waals surface area (Å²) in [6, 6.07) is 7.34.